The number of piperidine rings is 1. The lowest BCUT2D eigenvalue weighted by Gasteiger charge is -2.32. The average Bonchev–Trinajstić information content (AvgIpc) is 2.44. The van der Waals surface area contributed by atoms with Gasteiger partial charge in [-0.25, -0.2) is 4.79 Å². The van der Waals surface area contributed by atoms with E-state index < -0.39 is 0 Å². The van der Waals surface area contributed by atoms with Crippen LogP contribution in [0.3, 0.4) is 0 Å². The van der Waals surface area contributed by atoms with Gasteiger partial charge in [-0.2, -0.15) is 0 Å². The topological polar surface area (TPSA) is 61.8 Å². The number of carbonyl (C=O) groups is 1. The quantitative estimate of drug-likeness (QED) is 0.885. The molecule has 0 atom stereocenters. The Kier molecular flexibility index (Phi) is 5.24. The highest BCUT2D eigenvalue weighted by Gasteiger charge is 2.20. The first-order valence-corrected chi connectivity index (χ1v) is 7.11. The van der Waals surface area contributed by atoms with E-state index in [9.17, 15) is 9.90 Å². The van der Waals surface area contributed by atoms with Crippen molar-refractivity contribution in [3.63, 3.8) is 0 Å². The molecule has 0 unspecified atom stereocenters. The number of benzene rings is 1. The fraction of sp³-hybridized carbons (Fsp3) is 0.533. The van der Waals surface area contributed by atoms with Crippen molar-refractivity contribution in [2.24, 2.45) is 0 Å². The van der Waals surface area contributed by atoms with E-state index >= 15 is 0 Å². The molecule has 2 rings (SSSR count). The van der Waals surface area contributed by atoms with Crippen molar-refractivity contribution in [2.75, 3.05) is 19.7 Å². The van der Waals surface area contributed by atoms with Crippen LogP contribution in [0.25, 0.3) is 0 Å². The molecule has 1 heterocycles. The highest BCUT2D eigenvalue weighted by Crippen LogP contribution is 2.16. The first kappa shape index (κ1) is 14.7. The molecule has 2 N–H and O–H groups in total. The van der Waals surface area contributed by atoms with Crippen molar-refractivity contribution in [2.45, 2.75) is 32.4 Å². The summed E-state index contributed by atoms with van der Waals surface area (Å²) in [5.41, 5.74) is 1.19. The van der Waals surface area contributed by atoms with Crippen LogP contribution in [-0.4, -0.2) is 41.8 Å². The number of phenols is 1. The summed E-state index contributed by atoms with van der Waals surface area (Å²) in [6, 6.07) is 7.52. The number of ether oxygens (including phenoxy) is 1. The Morgan fingerprint density at radius 3 is 2.60 bits per heavy atom. The maximum Gasteiger partial charge on any atom is 0.407 e. The first-order chi connectivity index (χ1) is 9.67. The molecule has 0 spiro atoms. The molecule has 5 nitrogen and oxygen atoms in total. The summed E-state index contributed by atoms with van der Waals surface area (Å²) in [5, 5.41) is 12.1. The van der Waals surface area contributed by atoms with E-state index in [4.69, 9.17) is 4.74 Å². The fourth-order valence-electron chi connectivity index (χ4n) is 2.43. The van der Waals surface area contributed by atoms with E-state index in [1.54, 1.807) is 19.1 Å². The van der Waals surface area contributed by atoms with Gasteiger partial charge in [0.15, 0.2) is 0 Å². The van der Waals surface area contributed by atoms with Gasteiger partial charge in [-0.3, -0.25) is 4.90 Å². The maximum absolute atomic E-state index is 11.3. The minimum absolute atomic E-state index is 0.213. The Morgan fingerprint density at radius 1 is 1.35 bits per heavy atom. The normalized spacial score (nSPS) is 16.9. The molecule has 1 aromatic carbocycles. The molecule has 20 heavy (non-hydrogen) atoms. The summed E-state index contributed by atoms with van der Waals surface area (Å²) in [6.07, 6.45) is 1.57. The predicted octanol–water partition coefficient (Wildman–Crippen LogP) is 2.10. The third-order valence-electron chi connectivity index (χ3n) is 3.53. The van der Waals surface area contributed by atoms with Gasteiger partial charge in [-0.15, -0.1) is 0 Å². The molecule has 0 bridgehead atoms. The predicted molar refractivity (Wildman–Crippen MR) is 76.6 cm³/mol. The number of hydrogen-bond donors (Lipinski definition) is 2. The summed E-state index contributed by atoms with van der Waals surface area (Å²) in [6.45, 7) is 5.01. The summed E-state index contributed by atoms with van der Waals surface area (Å²) < 4.78 is 4.89. The smallest absolute Gasteiger partial charge is 0.407 e. The van der Waals surface area contributed by atoms with Gasteiger partial charge in [0.25, 0.3) is 0 Å². The molecular weight excluding hydrogens is 256 g/mol. The zero-order valence-corrected chi connectivity index (χ0v) is 11.8. The van der Waals surface area contributed by atoms with Gasteiger partial charge < -0.3 is 15.2 Å². The lowest BCUT2D eigenvalue weighted by Crippen LogP contribution is -2.44. The number of aromatic hydroxyl groups is 1. The third kappa shape index (κ3) is 4.42. The van der Waals surface area contributed by atoms with Gasteiger partial charge in [0, 0.05) is 25.7 Å². The molecule has 1 saturated heterocycles. The highest BCUT2D eigenvalue weighted by atomic mass is 16.5. The fourth-order valence-corrected chi connectivity index (χ4v) is 2.43. The van der Waals surface area contributed by atoms with E-state index in [1.807, 2.05) is 12.1 Å². The Labute approximate surface area is 119 Å². The van der Waals surface area contributed by atoms with Crippen LogP contribution in [0.5, 0.6) is 5.75 Å². The van der Waals surface area contributed by atoms with Gasteiger partial charge in [0.2, 0.25) is 0 Å². The summed E-state index contributed by atoms with van der Waals surface area (Å²) >= 11 is 0. The first-order valence-electron chi connectivity index (χ1n) is 7.11. The third-order valence-corrected chi connectivity index (χ3v) is 3.53. The molecule has 1 aliphatic rings. The van der Waals surface area contributed by atoms with Crippen molar-refractivity contribution in [1.29, 1.82) is 0 Å². The number of nitrogens with one attached hydrogen (secondary N) is 1. The van der Waals surface area contributed by atoms with Crippen molar-refractivity contribution in [3.8, 4) is 5.75 Å². The molecular formula is C15H22N2O3. The van der Waals surface area contributed by atoms with Crippen LogP contribution in [0.1, 0.15) is 25.3 Å². The molecule has 5 heteroatoms. The van der Waals surface area contributed by atoms with E-state index in [0.717, 1.165) is 32.5 Å². The summed E-state index contributed by atoms with van der Waals surface area (Å²) in [5.74, 6) is 0.297. The van der Waals surface area contributed by atoms with E-state index in [1.165, 1.54) is 5.56 Å². The van der Waals surface area contributed by atoms with Gasteiger partial charge in [-0.05, 0) is 37.5 Å². The molecule has 0 aliphatic carbocycles. The number of phenolic OH excluding ortho intramolecular Hbond substituents is 1. The second-order valence-corrected chi connectivity index (χ2v) is 5.08. The molecule has 0 aromatic heterocycles. The van der Waals surface area contributed by atoms with Gasteiger partial charge in [-0.1, -0.05) is 12.1 Å². The van der Waals surface area contributed by atoms with Crippen LogP contribution in [0.15, 0.2) is 24.3 Å². The Hall–Kier alpha value is -1.75. The lowest BCUT2D eigenvalue weighted by atomic mass is 10.0. The van der Waals surface area contributed by atoms with Crippen LogP contribution in [0.2, 0.25) is 0 Å². The number of amides is 1. The molecule has 1 aliphatic heterocycles. The van der Waals surface area contributed by atoms with Gasteiger partial charge in [0.05, 0.1) is 6.61 Å². The highest BCUT2D eigenvalue weighted by molar-refractivity contribution is 5.67. The Morgan fingerprint density at radius 2 is 2.00 bits per heavy atom. The number of likely N-dealkylation sites (tertiary alicyclic amines) is 1. The van der Waals surface area contributed by atoms with Crippen LogP contribution in [0, 0.1) is 0 Å². The molecule has 0 saturated carbocycles. The van der Waals surface area contributed by atoms with Crippen molar-refractivity contribution in [1.82, 2.24) is 10.2 Å². The van der Waals surface area contributed by atoms with Crippen molar-refractivity contribution >= 4 is 6.09 Å². The Bertz CT molecular complexity index is 425. The van der Waals surface area contributed by atoms with E-state index in [0.29, 0.717) is 12.4 Å². The van der Waals surface area contributed by atoms with E-state index in [2.05, 4.69) is 10.2 Å². The zero-order chi connectivity index (χ0) is 14.4. The molecule has 1 fully saturated rings. The van der Waals surface area contributed by atoms with E-state index in [-0.39, 0.29) is 12.1 Å². The minimum Gasteiger partial charge on any atom is -0.508 e. The monoisotopic (exact) mass is 278 g/mol. The zero-order valence-electron chi connectivity index (χ0n) is 11.8. The Balaban J connectivity index is 1.74. The number of carbonyl (C=O) groups excluding carboxylic acids is 1. The average molecular weight is 278 g/mol. The maximum atomic E-state index is 11.3. The molecule has 1 aromatic rings. The van der Waals surface area contributed by atoms with Crippen LogP contribution >= 0.6 is 0 Å². The standard InChI is InChI=1S/C15H22N2O3/c1-2-20-15(19)16-13-7-9-17(10-8-13)11-12-3-5-14(18)6-4-12/h3-6,13,18H,2,7-11H2,1H3,(H,16,19). The number of alkyl carbamates (subject to hydrolysis) is 1. The van der Waals surface area contributed by atoms with Crippen molar-refractivity contribution < 1.29 is 14.6 Å². The minimum atomic E-state index is -0.315. The van der Waals surface area contributed by atoms with Crippen LogP contribution in [0.4, 0.5) is 4.79 Å². The van der Waals surface area contributed by atoms with Crippen LogP contribution < -0.4 is 5.32 Å². The SMILES string of the molecule is CCOC(=O)NC1CCN(Cc2ccc(O)cc2)CC1. The molecule has 0 radical (unpaired) electrons. The second kappa shape index (κ2) is 7.14. The molecule has 110 valence electrons. The molecule has 1 amide bonds. The van der Waals surface area contributed by atoms with Crippen LogP contribution in [-0.2, 0) is 11.3 Å². The largest absolute Gasteiger partial charge is 0.508 e. The second-order valence-electron chi connectivity index (χ2n) is 5.08. The van der Waals surface area contributed by atoms with Crippen molar-refractivity contribution in [3.05, 3.63) is 29.8 Å². The summed E-state index contributed by atoms with van der Waals surface area (Å²) in [7, 11) is 0. The number of nitrogens with zero attached hydrogens (tertiary/aromatic N) is 1. The number of rotatable bonds is 4. The summed E-state index contributed by atoms with van der Waals surface area (Å²) in [4.78, 5) is 13.7. The number of hydrogen-bond acceptors (Lipinski definition) is 4. The van der Waals surface area contributed by atoms with Gasteiger partial charge >= 0.3 is 6.09 Å². The lowest BCUT2D eigenvalue weighted by molar-refractivity contribution is 0.136. The van der Waals surface area contributed by atoms with Gasteiger partial charge in [0.1, 0.15) is 5.75 Å².